The number of aliphatic hydroxyl groups is 1. The van der Waals surface area contributed by atoms with E-state index in [4.69, 9.17) is 9.84 Å². The van der Waals surface area contributed by atoms with Crippen molar-refractivity contribution in [2.75, 3.05) is 26.3 Å². The quantitative estimate of drug-likeness (QED) is 0.583. The lowest BCUT2D eigenvalue weighted by Crippen LogP contribution is -2.60. The minimum Gasteiger partial charge on any atom is -0.396 e. The van der Waals surface area contributed by atoms with Crippen molar-refractivity contribution in [3.63, 3.8) is 0 Å². The number of amides is 1. The van der Waals surface area contributed by atoms with Crippen LogP contribution >= 0.6 is 0 Å². The molecule has 5 heteroatoms. The molecule has 0 aromatic carbocycles. The molecule has 0 unspecified atom stereocenters. The van der Waals surface area contributed by atoms with Crippen molar-refractivity contribution in [3.8, 4) is 0 Å². The van der Waals surface area contributed by atoms with Crippen LogP contribution < -0.4 is 10.6 Å². The first-order chi connectivity index (χ1) is 7.37. The smallest absolute Gasteiger partial charge is 0.246 e. The van der Waals surface area contributed by atoms with Crippen LogP contribution in [-0.2, 0) is 9.53 Å². The van der Waals surface area contributed by atoms with Gasteiger partial charge >= 0.3 is 0 Å². The predicted molar refractivity (Wildman–Crippen MR) is 61.2 cm³/mol. The van der Waals surface area contributed by atoms with E-state index in [1.165, 1.54) is 0 Å². The van der Waals surface area contributed by atoms with Gasteiger partial charge in [-0.25, -0.2) is 0 Å². The highest BCUT2D eigenvalue weighted by atomic mass is 16.5. The Morgan fingerprint density at radius 2 is 2.19 bits per heavy atom. The molecule has 0 aromatic rings. The van der Waals surface area contributed by atoms with Gasteiger partial charge in [0, 0.05) is 25.2 Å². The maximum atomic E-state index is 11.6. The number of rotatable bonds is 6. The molecule has 1 amide bonds. The van der Waals surface area contributed by atoms with E-state index in [9.17, 15) is 4.79 Å². The molecule has 1 aliphatic heterocycles. The van der Waals surface area contributed by atoms with E-state index in [-0.39, 0.29) is 30.3 Å². The van der Waals surface area contributed by atoms with Gasteiger partial charge in [0.1, 0.15) is 6.61 Å². The number of hydrogen-bond donors (Lipinski definition) is 3. The first kappa shape index (κ1) is 13.4. The first-order valence-electron chi connectivity index (χ1n) is 5.63. The molecule has 0 atom stereocenters. The maximum Gasteiger partial charge on any atom is 0.246 e. The monoisotopic (exact) mass is 230 g/mol. The van der Waals surface area contributed by atoms with Crippen LogP contribution in [0.15, 0.2) is 0 Å². The molecule has 16 heavy (non-hydrogen) atoms. The Bertz CT molecular complexity index is 250. The number of carbonyl (C=O) groups excluding carboxylic acids is 1. The van der Waals surface area contributed by atoms with Gasteiger partial charge in [0.2, 0.25) is 5.91 Å². The van der Waals surface area contributed by atoms with Crippen molar-refractivity contribution in [1.29, 1.82) is 0 Å². The van der Waals surface area contributed by atoms with E-state index in [1.54, 1.807) is 0 Å². The number of hydrogen-bond acceptors (Lipinski definition) is 4. The summed E-state index contributed by atoms with van der Waals surface area (Å²) in [5, 5.41) is 14.8. The fourth-order valence-corrected chi connectivity index (χ4v) is 1.57. The van der Waals surface area contributed by atoms with Gasteiger partial charge in [-0.15, -0.1) is 0 Å². The van der Waals surface area contributed by atoms with Crippen molar-refractivity contribution in [3.05, 3.63) is 0 Å². The van der Waals surface area contributed by atoms with Crippen LogP contribution in [0.25, 0.3) is 0 Å². The Kier molecular flexibility index (Phi) is 4.29. The van der Waals surface area contributed by atoms with Gasteiger partial charge in [0.25, 0.3) is 0 Å². The van der Waals surface area contributed by atoms with Crippen LogP contribution in [-0.4, -0.2) is 48.5 Å². The molecule has 0 bridgehead atoms. The van der Waals surface area contributed by atoms with Gasteiger partial charge in [-0.3, -0.25) is 4.79 Å². The number of nitrogens with one attached hydrogen (secondary N) is 2. The number of aliphatic hydroxyl groups excluding tert-OH is 1. The van der Waals surface area contributed by atoms with Gasteiger partial charge < -0.3 is 20.5 Å². The highest BCUT2D eigenvalue weighted by Gasteiger charge is 2.33. The van der Waals surface area contributed by atoms with Crippen LogP contribution in [0, 0.1) is 0 Å². The third-order valence-electron chi connectivity index (χ3n) is 2.76. The Balaban J connectivity index is 2.25. The Labute approximate surface area is 96.6 Å². The molecule has 0 spiro atoms. The van der Waals surface area contributed by atoms with E-state index < -0.39 is 0 Å². The second kappa shape index (κ2) is 5.12. The molecule has 1 fully saturated rings. The second-order valence-corrected chi connectivity index (χ2v) is 5.25. The van der Waals surface area contributed by atoms with Crippen molar-refractivity contribution >= 4 is 5.91 Å². The van der Waals surface area contributed by atoms with Crippen molar-refractivity contribution < 1.29 is 14.6 Å². The summed E-state index contributed by atoms with van der Waals surface area (Å²) in [6.45, 7) is 7.47. The Morgan fingerprint density at radius 1 is 1.56 bits per heavy atom. The summed E-state index contributed by atoms with van der Waals surface area (Å²) in [6, 6.07) is 0. The van der Waals surface area contributed by atoms with Crippen LogP contribution in [0.5, 0.6) is 0 Å². The van der Waals surface area contributed by atoms with E-state index in [2.05, 4.69) is 10.6 Å². The summed E-state index contributed by atoms with van der Waals surface area (Å²) in [4.78, 5) is 11.6. The standard InChI is InChI=1S/C11H22N2O3/c1-10(2,4-5-14)13-9(15)6-16-11(3)7-12-8-11/h12,14H,4-8H2,1-3H3,(H,13,15). The first-order valence-corrected chi connectivity index (χ1v) is 5.63. The lowest BCUT2D eigenvalue weighted by Gasteiger charge is -2.39. The minimum atomic E-state index is -0.381. The Hall–Kier alpha value is -0.650. The molecule has 0 aliphatic carbocycles. The van der Waals surface area contributed by atoms with Gasteiger partial charge in [0.15, 0.2) is 0 Å². The van der Waals surface area contributed by atoms with Gasteiger partial charge in [-0.05, 0) is 27.2 Å². The number of ether oxygens (including phenoxy) is 1. The van der Waals surface area contributed by atoms with Crippen LogP contribution in [0.2, 0.25) is 0 Å². The molecule has 5 nitrogen and oxygen atoms in total. The summed E-state index contributed by atoms with van der Waals surface area (Å²) < 4.78 is 5.51. The SMILES string of the molecule is CC(C)(CCO)NC(=O)COC1(C)CNC1. The third-order valence-corrected chi connectivity index (χ3v) is 2.76. The minimum absolute atomic E-state index is 0.0653. The van der Waals surface area contributed by atoms with Crippen LogP contribution in [0.1, 0.15) is 27.2 Å². The molecule has 0 radical (unpaired) electrons. The average Bonchev–Trinajstić information content (AvgIpc) is 2.10. The molecule has 1 rings (SSSR count). The summed E-state index contributed by atoms with van der Waals surface area (Å²) in [5.41, 5.74) is -0.577. The van der Waals surface area contributed by atoms with Crippen molar-refractivity contribution in [1.82, 2.24) is 10.6 Å². The zero-order valence-corrected chi connectivity index (χ0v) is 10.3. The molecule has 94 valence electrons. The van der Waals surface area contributed by atoms with E-state index >= 15 is 0 Å². The second-order valence-electron chi connectivity index (χ2n) is 5.25. The molecule has 0 saturated carbocycles. The van der Waals surface area contributed by atoms with Gasteiger partial charge in [-0.2, -0.15) is 0 Å². The molecule has 1 heterocycles. The van der Waals surface area contributed by atoms with E-state index in [1.807, 2.05) is 20.8 Å². The van der Waals surface area contributed by atoms with Crippen molar-refractivity contribution in [2.24, 2.45) is 0 Å². The fraction of sp³-hybridized carbons (Fsp3) is 0.909. The summed E-state index contributed by atoms with van der Waals surface area (Å²) in [5.74, 6) is -0.133. The summed E-state index contributed by atoms with van der Waals surface area (Å²) in [6.07, 6.45) is 0.539. The summed E-state index contributed by atoms with van der Waals surface area (Å²) >= 11 is 0. The largest absolute Gasteiger partial charge is 0.396 e. The van der Waals surface area contributed by atoms with Crippen molar-refractivity contribution in [2.45, 2.75) is 38.3 Å². The molecule has 1 aliphatic rings. The fourth-order valence-electron chi connectivity index (χ4n) is 1.57. The third kappa shape index (κ3) is 4.08. The zero-order chi connectivity index (χ0) is 12.2. The normalized spacial score (nSPS) is 19.0. The average molecular weight is 230 g/mol. The molecule has 1 saturated heterocycles. The molecular weight excluding hydrogens is 208 g/mol. The van der Waals surface area contributed by atoms with E-state index in [0.717, 1.165) is 13.1 Å². The molecule has 0 aromatic heterocycles. The van der Waals surface area contributed by atoms with E-state index in [0.29, 0.717) is 6.42 Å². The van der Waals surface area contributed by atoms with Crippen LogP contribution in [0.3, 0.4) is 0 Å². The predicted octanol–water partition coefficient (Wildman–Crippen LogP) is -0.358. The maximum absolute atomic E-state index is 11.6. The topological polar surface area (TPSA) is 70.6 Å². The Morgan fingerprint density at radius 3 is 2.62 bits per heavy atom. The lowest BCUT2D eigenvalue weighted by molar-refractivity contribution is -0.137. The lowest BCUT2D eigenvalue weighted by atomic mass is 10.00. The highest BCUT2D eigenvalue weighted by molar-refractivity contribution is 5.78. The summed E-state index contributed by atoms with van der Waals surface area (Å²) in [7, 11) is 0. The molecule has 3 N–H and O–H groups in total. The van der Waals surface area contributed by atoms with Gasteiger partial charge in [-0.1, -0.05) is 0 Å². The zero-order valence-electron chi connectivity index (χ0n) is 10.3. The highest BCUT2D eigenvalue weighted by Crippen LogP contribution is 2.15. The molecular formula is C11H22N2O3. The number of carbonyl (C=O) groups is 1. The van der Waals surface area contributed by atoms with Gasteiger partial charge in [0.05, 0.1) is 5.60 Å². The van der Waals surface area contributed by atoms with Crippen LogP contribution in [0.4, 0.5) is 0 Å².